The number of likely N-dealkylation sites (tertiary alicyclic amines) is 1. The van der Waals surface area contributed by atoms with Gasteiger partial charge in [-0.05, 0) is 80.6 Å². The molecule has 1 fully saturated rings. The van der Waals surface area contributed by atoms with Gasteiger partial charge in [0.1, 0.15) is 18.2 Å². The Labute approximate surface area is 209 Å². The molecule has 1 aliphatic heterocycles. The standard InChI is InChI=1S/C26H31FN4O3S/c1-34-19-4-6-24-21(15-19)20(7-11-29-24)23(27)5-3-18-9-13-31(16-22(18)26(32)33)12-2-14-35-25-8-10-28-17-30-25/h4,6-8,10-11,15,17-18,22-23H,2-3,5,9,12-14,16H2,1H3,(H,32,33)/t18-,22+,23+/m1/s1. The molecule has 1 aliphatic rings. The largest absolute Gasteiger partial charge is 0.497 e. The van der Waals surface area contributed by atoms with Gasteiger partial charge in [0.2, 0.25) is 0 Å². The third-order valence-electron chi connectivity index (χ3n) is 6.69. The number of alkyl halides is 1. The highest BCUT2D eigenvalue weighted by atomic mass is 32.2. The zero-order valence-corrected chi connectivity index (χ0v) is 20.7. The van der Waals surface area contributed by atoms with Gasteiger partial charge in [0, 0.05) is 30.1 Å². The Kier molecular flexibility index (Phi) is 8.87. The summed E-state index contributed by atoms with van der Waals surface area (Å²) < 4.78 is 20.7. The summed E-state index contributed by atoms with van der Waals surface area (Å²) in [5, 5.41) is 11.6. The van der Waals surface area contributed by atoms with Gasteiger partial charge < -0.3 is 14.7 Å². The maximum Gasteiger partial charge on any atom is 0.308 e. The number of aliphatic carboxylic acids is 1. The number of carbonyl (C=O) groups is 1. The maximum atomic E-state index is 15.4. The molecule has 0 saturated carbocycles. The fourth-order valence-electron chi connectivity index (χ4n) is 4.79. The van der Waals surface area contributed by atoms with E-state index in [4.69, 9.17) is 4.74 Å². The molecule has 35 heavy (non-hydrogen) atoms. The third-order valence-corrected chi connectivity index (χ3v) is 7.72. The lowest BCUT2D eigenvalue weighted by molar-refractivity contribution is -0.146. The molecular weight excluding hydrogens is 467 g/mol. The van der Waals surface area contributed by atoms with Crippen LogP contribution in [0.1, 0.15) is 37.4 Å². The number of benzene rings is 1. The Balaban J connectivity index is 1.30. The van der Waals surface area contributed by atoms with E-state index in [0.29, 0.717) is 30.7 Å². The molecular formula is C26H31FN4O3S. The molecule has 4 rings (SSSR count). The van der Waals surface area contributed by atoms with Crippen molar-refractivity contribution in [3.8, 4) is 5.75 Å². The molecule has 3 atom stereocenters. The van der Waals surface area contributed by atoms with E-state index in [-0.39, 0.29) is 5.92 Å². The van der Waals surface area contributed by atoms with Crippen molar-refractivity contribution in [2.24, 2.45) is 11.8 Å². The topological polar surface area (TPSA) is 88.4 Å². The molecule has 7 nitrogen and oxygen atoms in total. The molecule has 1 saturated heterocycles. The van der Waals surface area contributed by atoms with Crippen molar-refractivity contribution in [2.75, 3.05) is 32.5 Å². The number of hydrogen-bond acceptors (Lipinski definition) is 7. The highest BCUT2D eigenvalue weighted by Gasteiger charge is 2.34. The number of halogens is 1. The quantitative estimate of drug-likeness (QED) is 0.224. The summed E-state index contributed by atoms with van der Waals surface area (Å²) in [6.45, 7) is 2.22. The number of methoxy groups -OCH3 is 1. The molecule has 9 heteroatoms. The number of thioether (sulfide) groups is 1. The van der Waals surface area contributed by atoms with Crippen LogP contribution in [0.3, 0.4) is 0 Å². The Hall–Kier alpha value is -2.78. The Morgan fingerprint density at radius 2 is 2.17 bits per heavy atom. The van der Waals surface area contributed by atoms with E-state index in [1.54, 1.807) is 43.7 Å². The van der Waals surface area contributed by atoms with Crippen molar-refractivity contribution in [2.45, 2.75) is 36.9 Å². The van der Waals surface area contributed by atoms with Crippen LogP contribution in [-0.2, 0) is 4.79 Å². The van der Waals surface area contributed by atoms with Crippen LogP contribution in [-0.4, -0.2) is 63.4 Å². The van der Waals surface area contributed by atoms with Crippen LogP contribution < -0.4 is 4.74 Å². The molecule has 0 bridgehead atoms. The molecule has 3 heterocycles. The van der Waals surface area contributed by atoms with E-state index in [9.17, 15) is 9.90 Å². The lowest BCUT2D eigenvalue weighted by Crippen LogP contribution is -2.44. The van der Waals surface area contributed by atoms with Crippen LogP contribution in [0, 0.1) is 11.8 Å². The van der Waals surface area contributed by atoms with Gasteiger partial charge in [0.25, 0.3) is 0 Å². The Morgan fingerprint density at radius 3 is 2.94 bits per heavy atom. The van der Waals surface area contributed by atoms with Crippen LogP contribution in [0.4, 0.5) is 4.39 Å². The van der Waals surface area contributed by atoms with Crippen molar-refractivity contribution in [3.05, 3.63) is 54.6 Å². The van der Waals surface area contributed by atoms with Gasteiger partial charge in [-0.15, -0.1) is 11.8 Å². The first-order valence-corrected chi connectivity index (χ1v) is 12.9. The van der Waals surface area contributed by atoms with E-state index in [1.165, 1.54) is 0 Å². The minimum Gasteiger partial charge on any atom is -0.497 e. The predicted molar refractivity (Wildman–Crippen MR) is 134 cm³/mol. The highest BCUT2D eigenvalue weighted by Crippen LogP contribution is 2.35. The first kappa shape index (κ1) is 25.3. The molecule has 2 aromatic heterocycles. The molecule has 3 aromatic rings. The first-order chi connectivity index (χ1) is 17.0. The van der Waals surface area contributed by atoms with E-state index in [2.05, 4.69) is 19.9 Å². The van der Waals surface area contributed by atoms with Gasteiger partial charge in [0.15, 0.2) is 0 Å². The summed E-state index contributed by atoms with van der Waals surface area (Å²) in [5.41, 5.74) is 1.31. The van der Waals surface area contributed by atoms with Gasteiger partial charge in [0.05, 0.1) is 23.6 Å². The third kappa shape index (κ3) is 6.67. The molecule has 0 aliphatic carbocycles. The Morgan fingerprint density at radius 1 is 1.29 bits per heavy atom. The zero-order chi connectivity index (χ0) is 24.6. The molecule has 1 N–H and O–H groups in total. The van der Waals surface area contributed by atoms with Crippen LogP contribution in [0.2, 0.25) is 0 Å². The number of hydrogen-bond donors (Lipinski definition) is 1. The smallest absolute Gasteiger partial charge is 0.308 e. The number of ether oxygens (including phenoxy) is 1. The van der Waals surface area contributed by atoms with Crippen molar-refractivity contribution in [1.29, 1.82) is 0 Å². The number of fused-ring (bicyclic) bond motifs is 1. The summed E-state index contributed by atoms with van der Waals surface area (Å²) in [6.07, 6.45) is 6.28. The number of nitrogens with zero attached hydrogens (tertiary/aromatic N) is 4. The van der Waals surface area contributed by atoms with Gasteiger partial charge in [-0.25, -0.2) is 14.4 Å². The predicted octanol–water partition coefficient (Wildman–Crippen LogP) is 5.03. The lowest BCUT2D eigenvalue weighted by atomic mass is 9.81. The number of carboxylic acids is 1. The summed E-state index contributed by atoms with van der Waals surface area (Å²) >= 11 is 1.68. The number of piperidine rings is 1. The van der Waals surface area contributed by atoms with Crippen LogP contribution in [0.5, 0.6) is 5.75 Å². The zero-order valence-electron chi connectivity index (χ0n) is 19.8. The summed E-state index contributed by atoms with van der Waals surface area (Å²) in [5.74, 6) is 0.292. The van der Waals surface area contributed by atoms with E-state index >= 15 is 4.39 Å². The maximum absolute atomic E-state index is 15.4. The highest BCUT2D eigenvalue weighted by molar-refractivity contribution is 7.99. The molecule has 0 amide bonds. The summed E-state index contributed by atoms with van der Waals surface area (Å²) in [4.78, 5) is 26.7. The SMILES string of the molecule is COc1ccc2nccc([C@@H](F)CC[C@@H]3CCN(CCCSc4ccncn4)C[C@@H]3C(=O)O)c2c1. The van der Waals surface area contributed by atoms with Crippen LogP contribution in [0.15, 0.2) is 54.1 Å². The summed E-state index contributed by atoms with van der Waals surface area (Å²) in [6, 6.07) is 9.05. The van der Waals surface area contributed by atoms with Crippen molar-refractivity contribution in [1.82, 2.24) is 19.9 Å². The number of rotatable bonds is 11. The molecule has 0 radical (unpaired) electrons. The average molecular weight is 499 g/mol. The van der Waals surface area contributed by atoms with Crippen molar-refractivity contribution < 1.29 is 19.0 Å². The normalized spacial score (nSPS) is 19.5. The second kappa shape index (κ2) is 12.3. The second-order valence-electron chi connectivity index (χ2n) is 8.87. The molecule has 0 spiro atoms. The molecule has 0 unspecified atom stereocenters. The molecule has 186 valence electrons. The van der Waals surface area contributed by atoms with Gasteiger partial charge in [-0.2, -0.15) is 0 Å². The fraction of sp³-hybridized carbons (Fsp3) is 0.462. The van der Waals surface area contributed by atoms with Crippen LogP contribution >= 0.6 is 11.8 Å². The van der Waals surface area contributed by atoms with Gasteiger partial charge in [-0.1, -0.05) is 0 Å². The van der Waals surface area contributed by atoms with E-state index < -0.39 is 18.1 Å². The fourth-order valence-corrected chi connectivity index (χ4v) is 5.55. The number of aromatic nitrogens is 3. The van der Waals surface area contributed by atoms with Crippen LogP contribution in [0.25, 0.3) is 10.9 Å². The number of carboxylic acid groups (broad SMARTS) is 1. The Bertz CT molecular complexity index is 1120. The summed E-state index contributed by atoms with van der Waals surface area (Å²) in [7, 11) is 1.58. The second-order valence-corrected chi connectivity index (χ2v) is 9.99. The van der Waals surface area contributed by atoms with Gasteiger partial charge in [-0.3, -0.25) is 9.78 Å². The number of pyridine rings is 1. The monoisotopic (exact) mass is 498 g/mol. The lowest BCUT2D eigenvalue weighted by Gasteiger charge is -2.36. The minimum atomic E-state index is -1.18. The average Bonchev–Trinajstić information content (AvgIpc) is 2.89. The van der Waals surface area contributed by atoms with E-state index in [0.717, 1.165) is 47.6 Å². The van der Waals surface area contributed by atoms with Crippen molar-refractivity contribution in [3.63, 3.8) is 0 Å². The van der Waals surface area contributed by atoms with Crippen molar-refractivity contribution >= 4 is 28.6 Å². The minimum absolute atomic E-state index is 0.0277. The van der Waals surface area contributed by atoms with E-state index in [1.807, 2.05) is 24.3 Å². The van der Waals surface area contributed by atoms with Gasteiger partial charge >= 0.3 is 5.97 Å². The first-order valence-electron chi connectivity index (χ1n) is 12.0. The molecule has 1 aromatic carbocycles.